The molecule has 0 aliphatic rings. The number of nitrogens with zero attached hydrogens (tertiary/aromatic N) is 2. The Morgan fingerprint density at radius 3 is 2.57 bits per heavy atom. The van der Waals surface area contributed by atoms with Crippen molar-refractivity contribution in [3.63, 3.8) is 0 Å². The van der Waals surface area contributed by atoms with Crippen molar-refractivity contribution in [3.8, 4) is 17.0 Å². The highest BCUT2D eigenvalue weighted by Gasteiger charge is 2.14. The van der Waals surface area contributed by atoms with E-state index in [4.69, 9.17) is 0 Å². The average Bonchev–Trinajstić information content (AvgIpc) is 3.06. The molecule has 0 saturated carbocycles. The van der Waals surface area contributed by atoms with Crippen molar-refractivity contribution in [2.24, 2.45) is 0 Å². The molecular weight excluding hydrogens is 292 g/mol. The van der Waals surface area contributed by atoms with E-state index in [2.05, 4.69) is 20.3 Å². The minimum Gasteiger partial charge on any atom is -0.508 e. The van der Waals surface area contributed by atoms with Crippen molar-refractivity contribution in [1.82, 2.24) is 20.3 Å². The molecule has 0 unspecified atom stereocenters. The fourth-order valence-electron chi connectivity index (χ4n) is 2.20. The molecule has 1 atom stereocenters. The summed E-state index contributed by atoms with van der Waals surface area (Å²) in [6.45, 7) is 1.85. The quantitative estimate of drug-likeness (QED) is 0.691. The number of phenolic OH excluding ortho intramolecular Hbond substituents is 1. The molecule has 3 aromatic rings. The number of nitrogens with one attached hydrogen (secondary N) is 2. The van der Waals surface area contributed by atoms with E-state index in [0.717, 1.165) is 11.3 Å². The van der Waals surface area contributed by atoms with Crippen LogP contribution in [-0.4, -0.2) is 26.0 Å². The van der Waals surface area contributed by atoms with Crippen molar-refractivity contribution < 1.29 is 9.90 Å². The molecule has 0 fully saturated rings. The van der Waals surface area contributed by atoms with Gasteiger partial charge in [0, 0.05) is 23.5 Å². The Labute approximate surface area is 133 Å². The zero-order chi connectivity index (χ0) is 16.2. The molecule has 2 aromatic heterocycles. The number of carbonyl (C=O) groups excluding carboxylic acids is 1. The van der Waals surface area contributed by atoms with Gasteiger partial charge in [-0.05, 0) is 43.3 Å². The third kappa shape index (κ3) is 3.37. The predicted molar refractivity (Wildman–Crippen MR) is 85.8 cm³/mol. The summed E-state index contributed by atoms with van der Waals surface area (Å²) in [5, 5.41) is 12.1. The van der Waals surface area contributed by atoms with Crippen LogP contribution >= 0.6 is 0 Å². The Hall–Kier alpha value is -3.15. The molecule has 0 bridgehead atoms. The van der Waals surface area contributed by atoms with E-state index in [1.165, 1.54) is 12.1 Å². The van der Waals surface area contributed by atoms with Crippen LogP contribution in [0.4, 0.5) is 0 Å². The second-order valence-corrected chi connectivity index (χ2v) is 5.16. The maximum Gasteiger partial charge on any atom is 0.251 e. The van der Waals surface area contributed by atoms with Crippen LogP contribution in [0.2, 0.25) is 0 Å². The lowest BCUT2D eigenvalue weighted by Crippen LogP contribution is -2.27. The first-order valence-electron chi connectivity index (χ1n) is 7.18. The molecule has 0 spiro atoms. The van der Waals surface area contributed by atoms with Crippen molar-refractivity contribution in [2.75, 3.05) is 0 Å². The number of H-pyrrole nitrogens is 1. The number of hydrogen-bond donors (Lipinski definition) is 3. The van der Waals surface area contributed by atoms with E-state index in [1.54, 1.807) is 30.7 Å². The van der Waals surface area contributed by atoms with Gasteiger partial charge in [0.05, 0.1) is 17.9 Å². The number of phenols is 1. The monoisotopic (exact) mass is 308 g/mol. The normalized spacial score (nSPS) is 11.9. The fraction of sp³-hybridized carbons (Fsp3) is 0.118. The van der Waals surface area contributed by atoms with Crippen molar-refractivity contribution >= 4 is 5.91 Å². The molecule has 116 valence electrons. The maximum atomic E-state index is 12.2. The van der Waals surface area contributed by atoms with Crippen LogP contribution in [0.25, 0.3) is 11.3 Å². The number of pyridine rings is 1. The summed E-state index contributed by atoms with van der Waals surface area (Å²) in [5.41, 5.74) is 2.33. The number of aromatic nitrogens is 3. The van der Waals surface area contributed by atoms with E-state index >= 15 is 0 Å². The predicted octanol–water partition coefficient (Wildman–Crippen LogP) is 2.67. The fourth-order valence-corrected chi connectivity index (χ4v) is 2.20. The molecule has 0 saturated heterocycles. The molecule has 23 heavy (non-hydrogen) atoms. The van der Waals surface area contributed by atoms with Crippen LogP contribution in [0, 0.1) is 0 Å². The number of carbonyl (C=O) groups is 1. The van der Waals surface area contributed by atoms with Gasteiger partial charge in [0.25, 0.3) is 5.91 Å². The molecule has 0 aliphatic carbocycles. The minimum absolute atomic E-state index is 0.127. The summed E-state index contributed by atoms with van der Waals surface area (Å²) in [6, 6.07) is 9.60. The number of aromatic hydroxyl groups is 1. The molecular formula is C17H16N4O2. The first kappa shape index (κ1) is 14.8. The summed E-state index contributed by atoms with van der Waals surface area (Å²) in [5.74, 6) is 0.575. The Bertz CT molecular complexity index is 797. The van der Waals surface area contributed by atoms with Crippen LogP contribution in [0.15, 0.2) is 55.0 Å². The van der Waals surface area contributed by atoms with Gasteiger partial charge in [0.1, 0.15) is 11.6 Å². The smallest absolute Gasteiger partial charge is 0.251 e. The van der Waals surface area contributed by atoms with E-state index in [9.17, 15) is 9.90 Å². The molecule has 6 heteroatoms. The largest absolute Gasteiger partial charge is 0.508 e. The molecule has 6 nitrogen and oxygen atoms in total. The third-order valence-corrected chi connectivity index (χ3v) is 3.47. The van der Waals surface area contributed by atoms with Gasteiger partial charge in [0.15, 0.2) is 0 Å². The van der Waals surface area contributed by atoms with Gasteiger partial charge in [-0.25, -0.2) is 4.98 Å². The second kappa shape index (κ2) is 6.31. The summed E-state index contributed by atoms with van der Waals surface area (Å²) in [7, 11) is 0. The zero-order valence-corrected chi connectivity index (χ0v) is 12.5. The SMILES string of the molecule is C[C@H](NC(=O)c1ccc(O)cc1)c1ncc(-c2ccncc2)[nH]1. The van der Waals surface area contributed by atoms with Gasteiger partial charge in [-0.3, -0.25) is 9.78 Å². The van der Waals surface area contributed by atoms with Crippen LogP contribution in [0.1, 0.15) is 29.1 Å². The number of benzene rings is 1. The Morgan fingerprint density at radius 2 is 1.87 bits per heavy atom. The van der Waals surface area contributed by atoms with Crippen molar-refractivity contribution in [2.45, 2.75) is 13.0 Å². The molecule has 2 heterocycles. The van der Waals surface area contributed by atoms with Gasteiger partial charge in [0.2, 0.25) is 0 Å². The topological polar surface area (TPSA) is 90.9 Å². The first-order chi connectivity index (χ1) is 11.1. The van der Waals surface area contributed by atoms with Crippen molar-refractivity contribution in [1.29, 1.82) is 0 Å². The number of amides is 1. The standard InChI is InChI=1S/C17H16N4O2/c1-11(20-17(23)13-2-4-14(22)5-3-13)16-19-10-15(21-16)12-6-8-18-9-7-12/h2-11,22H,1H3,(H,19,21)(H,20,23)/t11-/m0/s1. The highest BCUT2D eigenvalue weighted by atomic mass is 16.3. The van der Waals surface area contributed by atoms with Crippen LogP contribution in [0.5, 0.6) is 5.75 Å². The molecule has 0 radical (unpaired) electrons. The molecule has 3 N–H and O–H groups in total. The molecule has 1 amide bonds. The number of aromatic amines is 1. The maximum absolute atomic E-state index is 12.2. The van der Waals surface area contributed by atoms with Gasteiger partial charge >= 0.3 is 0 Å². The van der Waals surface area contributed by atoms with Gasteiger partial charge < -0.3 is 15.4 Å². The Morgan fingerprint density at radius 1 is 1.17 bits per heavy atom. The van der Waals surface area contributed by atoms with Crippen LogP contribution in [-0.2, 0) is 0 Å². The van der Waals surface area contributed by atoms with Gasteiger partial charge in [-0.1, -0.05) is 0 Å². The summed E-state index contributed by atoms with van der Waals surface area (Å²) < 4.78 is 0. The average molecular weight is 308 g/mol. The summed E-state index contributed by atoms with van der Waals surface area (Å²) >= 11 is 0. The van der Waals surface area contributed by atoms with Crippen molar-refractivity contribution in [3.05, 3.63) is 66.4 Å². The summed E-state index contributed by atoms with van der Waals surface area (Å²) in [6.07, 6.45) is 5.16. The first-order valence-corrected chi connectivity index (χ1v) is 7.18. The lowest BCUT2D eigenvalue weighted by Gasteiger charge is -2.11. The highest BCUT2D eigenvalue weighted by Crippen LogP contribution is 2.18. The lowest BCUT2D eigenvalue weighted by atomic mass is 10.2. The summed E-state index contributed by atoms with van der Waals surface area (Å²) in [4.78, 5) is 23.7. The molecule has 3 rings (SSSR count). The second-order valence-electron chi connectivity index (χ2n) is 5.16. The molecule has 1 aromatic carbocycles. The van der Waals surface area contributed by atoms with Gasteiger partial charge in [-0.15, -0.1) is 0 Å². The molecule has 0 aliphatic heterocycles. The Kier molecular flexibility index (Phi) is 4.05. The van der Waals surface area contributed by atoms with E-state index in [1.807, 2.05) is 19.1 Å². The lowest BCUT2D eigenvalue weighted by molar-refractivity contribution is 0.0938. The van der Waals surface area contributed by atoms with E-state index < -0.39 is 0 Å². The highest BCUT2D eigenvalue weighted by molar-refractivity contribution is 5.94. The van der Waals surface area contributed by atoms with Crippen LogP contribution < -0.4 is 5.32 Å². The third-order valence-electron chi connectivity index (χ3n) is 3.47. The number of rotatable bonds is 4. The van der Waals surface area contributed by atoms with Crippen LogP contribution in [0.3, 0.4) is 0 Å². The number of hydrogen-bond acceptors (Lipinski definition) is 4. The van der Waals surface area contributed by atoms with E-state index in [-0.39, 0.29) is 17.7 Å². The Balaban J connectivity index is 1.71. The zero-order valence-electron chi connectivity index (χ0n) is 12.5. The van der Waals surface area contributed by atoms with E-state index in [0.29, 0.717) is 11.4 Å². The minimum atomic E-state index is -0.271. The van der Waals surface area contributed by atoms with Gasteiger partial charge in [-0.2, -0.15) is 0 Å². The number of imidazole rings is 1.